The largest absolute Gasteiger partial charge is 0.336 e. The molecule has 158 valence electrons. The van der Waals surface area contributed by atoms with Crippen molar-refractivity contribution in [2.45, 2.75) is 27.3 Å². The number of rotatable bonds is 4. The lowest BCUT2D eigenvalue weighted by Gasteiger charge is -2.34. The van der Waals surface area contributed by atoms with Crippen molar-refractivity contribution >= 4 is 22.6 Å². The van der Waals surface area contributed by atoms with E-state index in [1.54, 1.807) is 33.9 Å². The van der Waals surface area contributed by atoms with E-state index < -0.39 is 0 Å². The Morgan fingerprint density at radius 1 is 1.20 bits per heavy atom. The molecule has 8 heteroatoms. The summed E-state index contributed by atoms with van der Waals surface area (Å²) >= 11 is 0. The minimum Gasteiger partial charge on any atom is -0.336 e. The molecule has 4 heterocycles. The number of pyridine rings is 2. The molecule has 1 saturated heterocycles. The van der Waals surface area contributed by atoms with E-state index in [1.165, 1.54) is 4.40 Å². The molecule has 1 fully saturated rings. The summed E-state index contributed by atoms with van der Waals surface area (Å²) in [7, 11) is 0. The first-order valence-corrected chi connectivity index (χ1v) is 10.5. The number of carbonyl (C=O) groups is 1. The topological polar surface area (TPSA) is 86.7 Å². The third-order valence-corrected chi connectivity index (χ3v) is 5.70. The van der Waals surface area contributed by atoms with Gasteiger partial charge in [0.25, 0.3) is 11.5 Å². The van der Waals surface area contributed by atoms with E-state index >= 15 is 0 Å². The number of likely N-dealkylation sites (N-methyl/N-ethyl adjacent to an activating group) is 1. The number of fused-ring (bicyclic) bond motifs is 2. The highest BCUT2D eigenvalue weighted by molar-refractivity contribution is 5.97. The van der Waals surface area contributed by atoms with E-state index in [0.29, 0.717) is 36.3 Å². The van der Waals surface area contributed by atoms with Gasteiger partial charge in [0.1, 0.15) is 16.8 Å². The number of hydrogen-bond donors (Lipinski definition) is 1. The molecule has 3 aromatic rings. The van der Waals surface area contributed by atoms with Gasteiger partial charge in [-0.2, -0.15) is 0 Å². The van der Waals surface area contributed by atoms with Crippen molar-refractivity contribution in [3.63, 3.8) is 0 Å². The fourth-order valence-corrected chi connectivity index (χ4v) is 4.03. The Morgan fingerprint density at radius 2 is 1.93 bits per heavy atom. The van der Waals surface area contributed by atoms with Gasteiger partial charge >= 0.3 is 0 Å². The van der Waals surface area contributed by atoms with Crippen LogP contribution in [0.5, 0.6) is 0 Å². The summed E-state index contributed by atoms with van der Waals surface area (Å²) in [4.78, 5) is 35.3. The Labute approximate surface area is 174 Å². The molecule has 1 aliphatic rings. The minimum atomic E-state index is -0.224. The Balaban J connectivity index is 1.90. The fourth-order valence-electron chi connectivity index (χ4n) is 4.03. The van der Waals surface area contributed by atoms with E-state index in [2.05, 4.69) is 16.8 Å². The van der Waals surface area contributed by atoms with Gasteiger partial charge in [0.05, 0.1) is 10.9 Å². The van der Waals surface area contributed by atoms with Crippen LogP contribution in [0.3, 0.4) is 0 Å². The molecule has 1 amide bonds. The molecule has 8 nitrogen and oxygen atoms in total. The summed E-state index contributed by atoms with van der Waals surface area (Å²) in [5.41, 5.74) is 1.14. The molecule has 1 N–H and O–H groups in total. The summed E-state index contributed by atoms with van der Waals surface area (Å²) < 4.78 is 3.20. The summed E-state index contributed by atoms with van der Waals surface area (Å²) in [5, 5.41) is 9.15. The predicted molar refractivity (Wildman–Crippen MR) is 116 cm³/mol. The minimum absolute atomic E-state index is 0.117. The van der Waals surface area contributed by atoms with Crippen LogP contribution in [0.25, 0.3) is 16.7 Å². The second kappa shape index (κ2) is 8.02. The molecule has 0 saturated carbocycles. The molecule has 1 aliphatic heterocycles. The normalized spacial score (nSPS) is 15.4. The van der Waals surface area contributed by atoms with Gasteiger partial charge in [-0.25, -0.2) is 4.98 Å². The molecular weight excluding hydrogens is 380 g/mol. The van der Waals surface area contributed by atoms with Gasteiger partial charge in [0, 0.05) is 38.9 Å². The van der Waals surface area contributed by atoms with Crippen molar-refractivity contribution in [3.05, 3.63) is 51.9 Å². The molecule has 30 heavy (non-hydrogen) atoms. The van der Waals surface area contributed by atoms with Crippen molar-refractivity contribution in [2.75, 3.05) is 32.7 Å². The van der Waals surface area contributed by atoms with E-state index in [9.17, 15) is 9.59 Å². The number of hydrogen-bond acceptors (Lipinski definition) is 5. The van der Waals surface area contributed by atoms with Crippen molar-refractivity contribution in [2.24, 2.45) is 5.92 Å². The smallest absolute Gasteiger partial charge is 0.267 e. The number of aromatic nitrogens is 3. The Morgan fingerprint density at radius 3 is 2.60 bits per heavy atom. The molecule has 0 aromatic carbocycles. The van der Waals surface area contributed by atoms with Gasteiger partial charge in [-0.15, -0.1) is 0 Å². The van der Waals surface area contributed by atoms with Crippen LogP contribution in [-0.4, -0.2) is 62.4 Å². The van der Waals surface area contributed by atoms with Gasteiger partial charge in [-0.3, -0.25) is 19.4 Å². The first kappa shape index (κ1) is 20.3. The summed E-state index contributed by atoms with van der Waals surface area (Å²) in [6.07, 6.45) is 1.68. The molecule has 0 spiro atoms. The van der Waals surface area contributed by atoms with Crippen molar-refractivity contribution < 1.29 is 4.79 Å². The third-order valence-electron chi connectivity index (χ3n) is 5.70. The number of amides is 1. The van der Waals surface area contributed by atoms with Gasteiger partial charge in [-0.1, -0.05) is 26.8 Å². The standard InChI is InChI=1S/C22H28N6O2/c1-4-25-9-11-26(12-10-25)21(29)16-13-17-20(28(19(16)23)14-15(2)3)24-18-7-5-6-8-27(18)22(17)30/h5-8,13,15,23H,4,9-12,14H2,1-3H3. The Bertz CT molecular complexity index is 1220. The van der Waals surface area contributed by atoms with Crippen LogP contribution in [-0.2, 0) is 6.54 Å². The summed E-state index contributed by atoms with van der Waals surface area (Å²) in [5.74, 6) is 0.0458. The van der Waals surface area contributed by atoms with E-state index in [0.717, 1.165) is 19.6 Å². The van der Waals surface area contributed by atoms with Crippen molar-refractivity contribution in [1.29, 1.82) is 5.41 Å². The highest BCUT2D eigenvalue weighted by Gasteiger charge is 2.25. The van der Waals surface area contributed by atoms with Crippen LogP contribution in [0.1, 0.15) is 31.1 Å². The first-order valence-electron chi connectivity index (χ1n) is 10.5. The van der Waals surface area contributed by atoms with E-state index in [-0.39, 0.29) is 28.4 Å². The average Bonchev–Trinajstić information content (AvgIpc) is 2.75. The molecule has 0 bridgehead atoms. The number of carbonyl (C=O) groups excluding carboxylic acids is 1. The van der Waals surface area contributed by atoms with Gasteiger partial charge in [0.2, 0.25) is 0 Å². The van der Waals surface area contributed by atoms with Crippen LogP contribution in [0.15, 0.2) is 35.3 Å². The zero-order valence-corrected chi connectivity index (χ0v) is 17.8. The lowest BCUT2D eigenvalue weighted by Crippen LogP contribution is -2.49. The van der Waals surface area contributed by atoms with E-state index in [1.807, 2.05) is 19.9 Å². The number of nitrogens with zero attached hydrogens (tertiary/aromatic N) is 5. The fraction of sp³-hybridized carbons (Fsp3) is 0.455. The second-order valence-corrected chi connectivity index (χ2v) is 8.22. The lowest BCUT2D eigenvalue weighted by atomic mass is 10.1. The highest BCUT2D eigenvalue weighted by atomic mass is 16.2. The third kappa shape index (κ3) is 3.52. The van der Waals surface area contributed by atoms with E-state index in [4.69, 9.17) is 5.41 Å². The lowest BCUT2D eigenvalue weighted by molar-refractivity contribution is 0.0640. The molecule has 4 rings (SSSR count). The molecule has 0 unspecified atom stereocenters. The SMILES string of the molecule is CCN1CCN(C(=O)c2cc3c(=O)n4ccccc4nc3n(CC(C)C)c2=N)CC1. The van der Waals surface area contributed by atoms with Crippen LogP contribution in [0, 0.1) is 11.3 Å². The van der Waals surface area contributed by atoms with Gasteiger partial charge < -0.3 is 14.4 Å². The predicted octanol–water partition coefficient (Wildman–Crippen LogP) is 1.56. The number of nitrogens with one attached hydrogen (secondary N) is 1. The molecule has 0 aliphatic carbocycles. The van der Waals surface area contributed by atoms with Gasteiger partial charge in [-0.05, 0) is 30.7 Å². The zero-order valence-electron chi connectivity index (χ0n) is 17.8. The maximum absolute atomic E-state index is 13.3. The first-order chi connectivity index (χ1) is 14.4. The van der Waals surface area contributed by atoms with Crippen molar-refractivity contribution in [3.8, 4) is 0 Å². The maximum Gasteiger partial charge on any atom is 0.267 e. The second-order valence-electron chi connectivity index (χ2n) is 8.22. The average molecular weight is 409 g/mol. The molecule has 3 aromatic heterocycles. The highest BCUT2D eigenvalue weighted by Crippen LogP contribution is 2.14. The molecular formula is C22H28N6O2. The van der Waals surface area contributed by atoms with Gasteiger partial charge in [0.15, 0.2) is 0 Å². The quantitative estimate of drug-likeness (QED) is 0.664. The maximum atomic E-state index is 13.3. The summed E-state index contributed by atoms with van der Waals surface area (Å²) in [6.45, 7) is 10.6. The zero-order chi connectivity index (χ0) is 21.4. The Hall–Kier alpha value is -3.00. The Kier molecular flexibility index (Phi) is 5.42. The van der Waals surface area contributed by atoms with Crippen LogP contribution in [0.2, 0.25) is 0 Å². The monoisotopic (exact) mass is 408 g/mol. The van der Waals surface area contributed by atoms with Crippen molar-refractivity contribution in [1.82, 2.24) is 23.8 Å². The van der Waals surface area contributed by atoms with Crippen LogP contribution < -0.4 is 11.0 Å². The molecule has 0 atom stereocenters. The number of piperazine rings is 1. The molecule has 0 radical (unpaired) electrons. The van der Waals surface area contributed by atoms with Crippen LogP contribution in [0.4, 0.5) is 0 Å². The van der Waals surface area contributed by atoms with Crippen LogP contribution >= 0.6 is 0 Å². The summed E-state index contributed by atoms with van der Waals surface area (Å²) in [6, 6.07) is 6.95.